The maximum absolute atomic E-state index is 11.5. The van der Waals surface area contributed by atoms with Gasteiger partial charge in [0, 0.05) is 18.7 Å². The van der Waals surface area contributed by atoms with E-state index in [9.17, 15) is 4.79 Å². The molecule has 1 aromatic carbocycles. The number of nitrogens with two attached hydrogens (primary N) is 1. The number of amides is 1. The molecule has 0 aliphatic heterocycles. The third-order valence-corrected chi connectivity index (χ3v) is 2.99. The van der Waals surface area contributed by atoms with Crippen LogP contribution in [0.1, 0.15) is 23.7 Å². The Labute approximate surface area is 95.2 Å². The quantitative estimate of drug-likeness (QED) is 0.674. The predicted octanol–water partition coefficient (Wildman–Crippen LogP) is 1.45. The van der Waals surface area contributed by atoms with E-state index >= 15 is 0 Å². The average Bonchev–Trinajstić information content (AvgIpc) is 2.96. The fraction of sp³-hybridized carbons (Fsp3) is 0.417. The van der Waals surface area contributed by atoms with Crippen LogP contribution in [0.15, 0.2) is 18.2 Å². The van der Waals surface area contributed by atoms with E-state index in [0.29, 0.717) is 23.2 Å². The molecule has 0 radical (unpaired) electrons. The first-order valence-corrected chi connectivity index (χ1v) is 5.50. The summed E-state index contributed by atoms with van der Waals surface area (Å²) < 4.78 is 0. The molecule has 16 heavy (non-hydrogen) atoms. The minimum absolute atomic E-state index is 0.0908. The average molecular weight is 219 g/mol. The summed E-state index contributed by atoms with van der Waals surface area (Å²) in [6.45, 7) is 2.19. The van der Waals surface area contributed by atoms with Crippen LogP contribution in [0.25, 0.3) is 0 Å². The standard InChI is InChI=1S/C12H17N3O/c1-7-5-10(7)15-11-6-8(12(16)14-2)3-4-9(11)13/h3-4,6-7,10,15H,5,13H2,1-2H3,(H,14,16). The van der Waals surface area contributed by atoms with E-state index in [0.717, 1.165) is 5.69 Å². The summed E-state index contributed by atoms with van der Waals surface area (Å²) in [5.41, 5.74) is 8.03. The summed E-state index contributed by atoms with van der Waals surface area (Å²) in [6.07, 6.45) is 1.17. The Kier molecular flexibility index (Phi) is 2.73. The number of nitrogen functional groups attached to an aromatic ring is 1. The number of rotatable bonds is 3. The minimum atomic E-state index is -0.0908. The van der Waals surface area contributed by atoms with Crippen LogP contribution in [0.2, 0.25) is 0 Å². The van der Waals surface area contributed by atoms with Crippen LogP contribution < -0.4 is 16.4 Å². The van der Waals surface area contributed by atoms with Gasteiger partial charge in [-0.2, -0.15) is 0 Å². The van der Waals surface area contributed by atoms with Gasteiger partial charge in [-0.15, -0.1) is 0 Å². The van der Waals surface area contributed by atoms with Gasteiger partial charge in [0.2, 0.25) is 0 Å². The van der Waals surface area contributed by atoms with E-state index in [4.69, 9.17) is 5.73 Å². The van der Waals surface area contributed by atoms with E-state index < -0.39 is 0 Å². The molecule has 1 amide bonds. The fourth-order valence-corrected chi connectivity index (χ4v) is 1.69. The molecular formula is C12H17N3O. The number of anilines is 2. The highest BCUT2D eigenvalue weighted by atomic mass is 16.1. The highest BCUT2D eigenvalue weighted by molar-refractivity contribution is 5.96. The molecule has 1 fully saturated rings. The second kappa shape index (κ2) is 4.04. The molecule has 1 aliphatic rings. The molecule has 1 saturated carbocycles. The van der Waals surface area contributed by atoms with Crippen LogP contribution in [-0.4, -0.2) is 19.0 Å². The zero-order chi connectivity index (χ0) is 11.7. The van der Waals surface area contributed by atoms with Gasteiger partial charge in [-0.1, -0.05) is 6.92 Å². The summed E-state index contributed by atoms with van der Waals surface area (Å²) in [4.78, 5) is 11.5. The molecule has 0 spiro atoms. The van der Waals surface area contributed by atoms with Gasteiger partial charge in [-0.3, -0.25) is 4.79 Å². The van der Waals surface area contributed by atoms with Crippen molar-refractivity contribution in [2.24, 2.45) is 5.92 Å². The Morgan fingerprint density at radius 2 is 2.19 bits per heavy atom. The number of hydrogen-bond acceptors (Lipinski definition) is 3. The second-order valence-electron chi connectivity index (χ2n) is 4.34. The third-order valence-electron chi connectivity index (χ3n) is 2.99. The SMILES string of the molecule is CNC(=O)c1ccc(N)c(NC2CC2C)c1. The lowest BCUT2D eigenvalue weighted by Gasteiger charge is -2.10. The number of nitrogens with one attached hydrogen (secondary N) is 2. The van der Waals surface area contributed by atoms with Gasteiger partial charge < -0.3 is 16.4 Å². The number of carbonyl (C=O) groups is 1. The molecule has 1 aliphatic carbocycles. The molecule has 4 heteroatoms. The van der Waals surface area contributed by atoms with Crippen LogP contribution in [-0.2, 0) is 0 Å². The number of hydrogen-bond donors (Lipinski definition) is 3. The normalized spacial score (nSPS) is 22.6. The molecule has 0 heterocycles. The van der Waals surface area contributed by atoms with Crippen molar-refractivity contribution in [3.8, 4) is 0 Å². The van der Waals surface area contributed by atoms with Gasteiger partial charge in [0.05, 0.1) is 11.4 Å². The van der Waals surface area contributed by atoms with Gasteiger partial charge in [0.1, 0.15) is 0 Å². The van der Waals surface area contributed by atoms with Gasteiger partial charge in [-0.25, -0.2) is 0 Å². The lowest BCUT2D eigenvalue weighted by Crippen LogP contribution is -2.18. The van der Waals surface area contributed by atoms with Crippen LogP contribution in [0.5, 0.6) is 0 Å². The van der Waals surface area contributed by atoms with Crippen molar-refractivity contribution in [1.29, 1.82) is 0 Å². The van der Waals surface area contributed by atoms with Crippen LogP contribution >= 0.6 is 0 Å². The smallest absolute Gasteiger partial charge is 0.251 e. The molecule has 2 rings (SSSR count). The van der Waals surface area contributed by atoms with E-state index in [-0.39, 0.29) is 5.91 Å². The van der Waals surface area contributed by atoms with Gasteiger partial charge in [0.15, 0.2) is 0 Å². The highest BCUT2D eigenvalue weighted by Crippen LogP contribution is 2.34. The number of benzene rings is 1. The van der Waals surface area contributed by atoms with Crippen molar-refractivity contribution in [3.05, 3.63) is 23.8 Å². The molecule has 4 N–H and O–H groups in total. The van der Waals surface area contributed by atoms with Gasteiger partial charge in [0.25, 0.3) is 5.91 Å². The zero-order valence-electron chi connectivity index (χ0n) is 9.58. The zero-order valence-corrected chi connectivity index (χ0v) is 9.58. The molecule has 2 unspecified atom stereocenters. The molecule has 4 nitrogen and oxygen atoms in total. The van der Waals surface area contributed by atoms with Crippen molar-refractivity contribution in [2.75, 3.05) is 18.1 Å². The van der Waals surface area contributed by atoms with E-state index in [1.54, 1.807) is 25.2 Å². The van der Waals surface area contributed by atoms with Crippen LogP contribution in [0.4, 0.5) is 11.4 Å². The molecule has 1 aromatic rings. The maximum atomic E-state index is 11.5. The third kappa shape index (κ3) is 2.10. The lowest BCUT2D eigenvalue weighted by molar-refractivity contribution is 0.0963. The van der Waals surface area contributed by atoms with Crippen molar-refractivity contribution < 1.29 is 4.79 Å². The molecule has 0 saturated heterocycles. The largest absolute Gasteiger partial charge is 0.397 e. The summed E-state index contributed by atoms with van der Waals surface area (Å²) in [5.74, 6) is 0.606. The topological polar surface area (TPSA) is 67.2 Å². The Bertz CT molecular complexity index is 417. The monoisotopic (exact) mass is 219 g/mol. The lowest BCUT2D eigenvalue weighted by atomic mass is 10.1. The molecule has 0 aromatic heterocycles. The summed E-state index contributed by atoms with van der Waals surface area (Å²) in [5, 5.41) is 5.95. The van der Waals surface area contributed by atoms with Crippen molar-refractivity contribution in [3.63, 3.8) is 0 Å². The minimum Gasteiger partial charge on any atom is -0.397 e. The van der Waals surface area contributed by atoms with Crippen molar-refractivity contribution in [1.82, 2.24) is 5.32 Å². The number of carbonyl (C=O) groups excluding carboxylic acids is 1. The first-order chi connectivity index (χ1) is 7.61. The van der Waals surface area contributed by atoms with E-state index in [1.165, 1.54) is 6.42 Å². The second-order valence-corrected chi connectivity index (χ2v) is 4.34. The van der Waals surface area contributed by atoms with Crippen LogP contribution in [0, 0.1) is 5.92 Å². The highest BCUT2D eigenvalue weighted by Gasteiger charge is 2.32. The van der Waals surface area contributed by atoms with Gasteiger partial charge >= 0.3 is 0 Å². The summed E-state index contributed by atoms with van der Waals surface area (Å²) in [6, 6.07) is 5.80. The Hall–Kier alpha value is -1.71. The first-order valence-electron chi connectivity index (χ1n) is 5.50. The molecular weight excluding hydrogens is 202 g/mol. The maximum Gasteiger partial charge on any atom is 0.251 e. The Balaban J connectivity index is 2.19. The fourth-order valence-electron chi connectivity index (χ4n) is 1.69. The first kappa shape index (κ1) is 10.8. The summed E-state index contributed by atoms with van der Waals surface area (Å²) in [7, 11) is 1.62. The van der Waals surface area contributed by atoms with Crippen LogP contribution in [0.3, 0.4) is 0 Å². The van der Waals surface area contributed by atoms with Crippen molar-refractivity contribution in [2.45, 2.75) is 19.4 Å². The predicted molar refractivity (Wildman–Crippen MR) is 65.4 cm³/mol. The Morgan fingerprint density at radius 1 is 1.50 bits per heavy atom. The Morgan fingerprint density at radius 3 is 2.75 bits per heavy atom. The van der Waals surface area contributed by atoms with E-state index in [2.05, 4.69) is 17.6 Å². The van der Waals surface area contributed by atoms with E-state index in [1.807, 2.05) is 0 Å². The molecule has 86 valence electrons. The van der Waals surface area contributed by atoms with Crippen molar-refractivity contribution >= 4 is 17.3 Å². The van der Waals surface area contributed by atoms with Gasteiger partial charge in [-0.05, 0) is 30.5 Å². The summed E-state index contributed by atoms with van der Waals surface area (Å²) >= 11 is 0. The molecule has 2 atom stereocenters. The molecule has 0 bridgehead atoms.